The van der Waals surface area contributed by atoms with Crippen molar-refractivity contribution in [1.82, 2.24) is 0 Å². The average molecular weight is 540 g/mol. The molecule has 1 rings (SSSR count). The Hall–Kier alpha value is -2.55. The van der Waals surface area contributed by atoms with Gasteiger partial charge in [-0.2, -0.15) is 0 Å². The van der Waals surface area contributed by atoms with E-state index in [0.717, 1.165) is 18.8 Å². The zero-order chi connectivity index (χ0) is 28.2. The lowest BCUT2D eigenvalue weighted by molar-refractivity contribution is -0.173. The van der Waals surface area contributed by atoms with E-state index in [2.05, 4.69) is 19.2 Å². The summed E-state index contributed by atoms with van der Waals surface area (Å²) in [6.07, 6.45) is 11.4. The van der Waals surface area contributed by atoms with Crippen molar-refractivity contribution in [3.8, 4) is 0 Å². The molecular formula is C29H49NO8. The first kappa shape index (κ1) is 33.5. The molecule has 1 heterocycles. The Labute approximate surface area is 228 Å². The average Bonchev–Trinajstić information content (AvgIpc) is 3.36. The van der Waals surface area contributed by atoms with Crippen LogP contribution in [0.2, 0.25) is 0 Å². The van der Waals surface area contributed by atoms with Gasteiger partial charge in [-0.05, 0) is 32.3 Å². The molecule has 0 aliphatic carbocycles. The van der Waals surface area contributed by atoms with E-state index >= 15 is 0 Å². The number of carbonyl (C=O) groups excluding carboxylic acids is 3. The van der Waals surface area contributed by atoms with E-state index in [9.17, 15) is 19.5 Å². The zero-order valence-electron chi connectivity index (χ0n) is 23.8. The van der Waals surface area contributed by atoms with Crippen LogP contribution in [0.5, 0.6) is 0 Å². The topological polar surface area (TPSA) is 124 Å². The Bertz CT molecular complexity index is 791. The largest absolute Gasteiger partial charge is 0.464 e. The van der Waals surface area contributed by atoms with Crippen LogP contribution >= 0.6 is 0 Å². The standard InChI is InChI=1S/C29H49NO8/c1-5-35-28(33)25(31)26(29(34)36-6-2)38-27(32)23-19-20-24(37-23)30-21-17-15-13-11-9-7-8-10-12-14-16-18-22(3)4/h19-20,22,25-26,30-31H,5-18,21H2,1-4H3. The monoisotopic (exact) mass is 539 g/mol. The van der Waals surface area contributed by atoms with Gasteiger partial charge in [0.25, 0.3) is 0 Å². The van der Waals surface area contributed by atoms with Crippen LogP contribution in [-0.2, 0) is 23.8 Å². The van der Waals surface area contributed by atoms with Crippen molar-refractivity contribution in [2.75, 3.05) is 25.1 Å². The van der Waals surface area contributed by atoms with Gasteiger partial charge in [-0.1, -0.05) is 84.5 Å². The Morgan fingerprint density at radius 2 is 1.34 bits per heavy atom. The van der Waals surface area contributed by atoms with Gasteiger partial charge in [0.1, 0.15) is 0 Å². The Morgan fingerprint density at radius 1 is 0.816 bits per heavy atom. The molecule has 0 spiro atoms. The van der Waals surface area contributed by atoms with E-state index in [-0.39, 0.29) is 19.0 Å². The van der Waals surface area contributed by atoms with E-state index in [4.69, 9.17) is 18.6 Å². The first-order valence-corrected chi connectivity index (χ1v) is 14.4. The van der Waals surface area contributed by atoms with Gasteiger partial charge < -0.3 is 29.1 Å². The number of hydrogen-bond donors (Lipinski definition) is 2. The Balaban J connectivity index is 2.26. The van der Waals surface area contributed by atoms with Crippen molar-refractivity contribution in [3.05, 3.63) is 17.9 Å². The number of nitrogens with one attached hydrogen (secondary N) is 1. The van der Waals surface area contributed by atoms with Gasteiger partial charge in [0.05, 0.1) is 13.2 Å². The first-order chi connectivity index (χ1) is 18.3. The number of anilines is 1. The highest BCUT2D eigenvalue weighted by atomic mass is 16.6. The highest BCUT2D eigenvalue weighted by Gasteiger charge is 2.38. The molecule has 0 aliphatic rings. The molecule has 2 N–H and O–H groups in total. The van der Waals surface area contributed by atoms with Crippen molar-refractivity contribution < 1.29 is 38.1 Å². The lowest BCUT2D eigenvalue weighted by Gasteiger charge is -2.19. The molecule has 9 heteroatoms. The summed E-state index contributed by atoms with van der Waals surface area (Å²) < 4.78 is 20.0. The maximum atomic E-state index is 12.5. The lowest BCUT2D eigenvalue weighted by Crippen LogP contribution is -2.44. The van der Waals surface area contributed by atoms with Gasteiger partial charge >= 0.3 is 17.9 Å². The molecular weight excluding hydrogens is 490 g/mol. The lowest BCUT2D eigenvalue weighted by atomic mass is 10.0. The van der Waals surface area contributed by atoms with Crippen LogP contribution in [0, 0.1) is 5.92 Å². The minimum atomic E-state index is -2.01. The Morgan fingerprint density at radius 3 is 1.89 bits per heavy atom. The summed E-state index contributed by atoms with van der Waals surface area (Å²) >= 11 is 0. The number of carbonyl (C=O) groups is 3. The molecule has 0 fully saturated rings. The summed E-state index contributed by atoms with van der Waals surface area (Å²) in [6.45, 7) is 8.35. The second-order valence-corrected chi connectivity index (χ2v) is 9.94. The number of hydrogen-bond acceptors (Lipinski definition) is 9. The molecule has 0 radical (unpaired) electrons. The SMILES string of the molecule is CCOC(=O)C(O)C(OC(=O)c1ccc(NCCCCCCCCCCCCCC(C)C)o1)C(=O)OCC. The molecule has 0 aliphatic heterocycles. The van der Waals surface area contributed by atoms with E-state index < -0.39 is 30.1 Å². The van der Waals surface area contributed by atoms with Crippen molar-refractivity contribution in [2.24, 2.45) is 5.92 Å². The van der Waals surface area contributed by atoms with Crippen molar-refractivity contribution in [2.45, 2.75) is 117 Å². The van der Waals surface area contributed by atoms with Gasteiger partial charge in [-0.25, -0.2) is 14.4 Å². The highest BCUT2D eigenvalue weighted by molar-refractivity contribution is 5.92. The minimum Gasteiger partial charge on any atom is -0.464 e. The number of unbranched alkanes of at least 4 members (excludes halogenated alkanes) is 10. The Kier molecular flexibility index (Phi) is 18.0. The fourth-order valence-corrected chi connectivity index (χ4v) is 4.01. The van der Waals surface area contributed by atoms with E-state index in [1.165, 1.54) is 70.3 Å². The molecule has 218 valence electrons. The van der Waals surface area contributed by atoms with Gasteiger partial charge in [0, 0.05) is 12.6 Å². The molecule has 2 unspecified atom stereocenters. The third-order valence-electron chi connectivity index (χ3n) is 6.13. The van der Waals surface area contributed by atoms with Gasteiger partial charge in [0.2, 0.25) is 11.9 Å². The van der Waals surface area contributed by atoms with Crippen LogP contribution in [0.15, 0.2) is 16.5 Å². The smallest absolute Gasteiger partial charge is 0.375 e. The molecule has 2 atom stereocenters. The van der Waals surface area contributed by atoms with Crippen LogP contribution in [0.25, 0.3) is 0 Å². The number of esters is 3. The normalized spacial score (nSPS) is 12.7. The molecule has 0 aromatic carbocycles. The fraction of sp³-hybridized carbons (Fsp3) is 0.759. The summed E-state index contributed by atoms with van der Waals surface area (Å²) in [7, 11) is 0. The number of aliphatic hydroxyl groups is 1. The third-order valence-corrected chi connectivity index (χ3v) is 6.13. The number of furan rings is 1. The van der Waals surface area contributed by atoms with E-state index in [1.54, 1.807) is 19.9 Å². The first-order valence-electron chi connectivity index (χ1n) is 14.4. The molecule has 38 heavy (non-hydrogen) atoms. The van der Waals surface area contributed by atoms with Gasteiger partial charge in [0.15, 0.2) is 12.0 Å². The second-order valence-electron chi connectivity index (χ2n) is 9.94. The van der Waals surface area contributed by atoms with Crippen molar-refractivity contribution in [1.29, 1.82) is 0 Å². The third kappa shape index (κ3) is 14.4. The molecule has 0 bridgehead atoms. The van der Waals surface area contributed by atoms with Crippen LogP contribution in [0.4, 0.5) is 5.88 Å². The maximum Gasteiger partial charge on any atom is 0.375 e. The molecule has 0 amide bonds. The predicted octanol–water partition coefficient (Wildman–Crippen LogP) is 6.04. The summed E-state index contributed by atoms with van der Waals surface area (Å²) in [4.78, 5) is 36.4. The second kappa shape index (κ2) is 20.4. The molecule has 0 saturated carbocycles. The number of aliphatic hydroxyl groups excluding tert-OH is 1. The molecule has 1 aromatic heterocycles. The summed E-state index contributed by atoms with van der Waals surface area (Å²) in [5.41, 5.74) is 0. The van der Waals surface area contributed by atoms with Crippen molar-refractivity contribution in [3.63, 3.8) is 0 Å². The molecule has 1 aromatic rings. The molecule has 0 saturated heterocycles. The summed E-state index contributed by atoms with van der Waals surface area (Å²) in [5.74, 6) is -2.10. The van der Waals surface area contributed by atoms with Crippen LogP contribution in [0.3, 0.4) is 0 Å². The van der Waals surface area contributed by atoms with Crippen LogP contribution in [0.1, 0.15) is 115 Å². The number of rotatable bonds is 22. The van der Waals surface area contributed by atoms with Crippen LogP contribution < -0.4 is 5.32 Å². The predicted molar refractivity (Wildman–Crippen MR) is 146 cm³/mol. The highest BCUT2D eigenvalue weighted by Crippen LogP contribution is 2.18. The van der Waals surface area contributed by atoms with Gasteiger partial charge in [-0.3, -0.25) is 0 Å². The summed E-state index contributed by atoms with van der Waals surface area (Å²) in [5, 5.41) is 13.2. The van der Waals surface area contributed by atoms with E-state index in [0.29, 0.717) is 12.4 Å². The summed E-state index contributed by atoms with van der Waals surface area (Å²) in [6, 6.07) is 2.98. The quantitative estimate of drug-likeness (QED) is 0.103. The molecule has 9 nitrogen and oxygen atoms in total. The fourth-order valence-electron chi connectivity index (χ4n) is 4.01. The van der Waals surface area contributed by atoms with Gasteiger partial charge in [-0.15, -0.1) is 0 Å². The van der Waals surface area contributed by atoms with Crippen LogP contribution in [-0.4, -0.2) is 55.0 Å². The minimum absolute atomic E-state index is 0.00856. The zero-order valence-corrected chi connectivity index (χ0v) is 23.8. The van der Waals surface area contributed by atoms with E-state index in [1.807, 2.05) is 0 Å². The van der Waals surface area contributed by atoms with Crippen molar-refractivity contribution >= 4 is 23.8 Å². The number of ether oxygens (including phenoxy) is 3. The maximum absolute atomic E-state index is 12.5.